The van der Waals surface area contributed by atoms with E-state index in [1.54, 1.807) is 4.90 Å². The van der Waals surface area contributed by atoms with Crippen LogP contribution in [0.4, 0.5) is 5.69 Å². The summed E-state index contributed by atoms with van der Waals surface area (Å²) in [4.78, 5) is 36.9. The summed E-state index contributed by atoms with van der Waals surface area (Å²) in [6, 6.07) is 6.90. The second kappa shape index (κ2) is 9.17. The van der Waals surface area contributed by atoms with Crippen LogP contribution in [0.3, 0.4) is 0 Å². The molecule has 136 valence electrons. The fourth-order valence-electron chi connectivity index (χ4n) is 3.02. The summed E-state index contributed by atoms with van der Waals surface area (Å²) in [6.07, 6.45) is 3.09. The van der Waals surface area contributed by atoms with Crippen molar-refractivity contribution in [3.8, 4) is 0 Å². The lowest BCUT2D eigenvalue weighted by Gasteiger charge is -2.32. The van der Waals surface area contributed by atoms with Gasteiger partial charge in [-0.15, -0.1) is 0 Å². The number of piperidine rings is 1. The van der Waals surface area contributed by atoms with Crippen LogP contribution in [0.15, 0.2) is 24.3 Å². The normalized spacial score (nSPS) is 17.7. The Morgan fingerprint density at radius 1 is 1.20 bits per heavy atom. The summed E-state index contributed by atoms with van der Waals surface area (Å²) in [5, 5.41) is 14.6. The van der Waals surface area contributed by atoms with Gasteiger partial charge in [0.25, 0.3) is 0 Å². The second-order valence-electron chi connectivity index (χ2n) is 6.16. The molecule has 1 atom stereocenters. The van der Waals surface area contributed by atoms with Crippen LogP contribution in [0.2, 0.25) is 0 Å². The van der Waals surface area contributed by atoms with Gasteiger partial charge in [0.05, 0.1) is 13.1 Å². The molecule has 0 aliphatic carbocycles. The molecule has 1 aliphatic heterocycles. The summed E-state index contributed by atoms with van der Waals surface area (Å²) in [7, 11) is 0. The third-order valence-electron chi connectivity index (χ3n) is 4.36. The number of carbonyl (C=O) groups is 3. The molecular formula is C18H25N3O4. The van der Waals surface area contributed by atoms with Gasteiger partial charge in [-0.2, -0.15) is 0 Å². The minimum atomic E-state index is -0.901. The quantitative estimate of drug-likeness (QED) is 0.689. The predicted octanol–water partition coefficient (Wildman–Crippen LogP) is 1.24. The molecule has 0 saturated carbocycles. The van der Waals surface area contributed by atoms with Crippen LogP contribution in [-0.2, 0) is 20.8 Å². The van der Waals surface area contributed by atoms with Crippen molar-refractivity contribution in [2.45, 2.75) is 38.6 Å². The number of carbonyl (C=O) groups excluding carboxylic acids is 2. The highest BCUT2D eigenvalue weighted by molar-refractivity contribution is 5.95. The number of carboxylic acids is 1. The molecule has 1 unspecified atom stereocenters. The van der Waals surface area contributed by atoms with Crippen LogP contribution in [0, 0.1) is 0 Å². The van der Waals surface area contributed by atoms with E-state index in [1.807, 2.05) is 31.2 Å². The summed E-state index contributed by atoms with van der Waals surface area (Å²) in [6.45, 7) is 2.45. The zero-order chi connectivity index (χ0) is 18.2. The minimum Gasteiger partial charge on any atom is -0.480 e. The Kier molecular flexibility index (Phi) is 6.94. The number of nitrogens with zero attached hydrogens (tertiary/aromatic N) is 1. The molecule has 0 radical (unpaired) electrons. The van der Waals surface area contributed by atoms with Crippen molar-refractivity contribution < 1.29 is 19.5 Å². The van der Waals surface area contributed by atoms with Crippen molar-refractivity contribution >= 4 is 23.5 Å². The molecule has 2 rings (SSSR count). The van der Waals surface area contributed by atoms with E-state index in [0.717, 1.165) is 30.5 Å². The summed E-state index contributed by atoms with van der Waals surface area (Å²) >= 11 is 0. The molecule has 2 amide bonds. The maximum absolute atomic E-state index is 12.0. The number of aryl methyl sites for hydroxylation is 1. The van der Waals surface area contributed by atoms with E-state index in [0.29, 0.717) is 13.0 Å². The van der Waals surface area contributed by atoms with Gasteiger partial charge in [0.2, 0.25) is 11.8 Å². The minimum absolute atomic E-state index is 0.00417. The Morgan fingerprint density at radius 3 is 2.68 bits per heavy atom. The smallest absolute Gasteiger partial charge is 0.320 e. The number of carboxylic acid groups (broad SMARTS) is 1. The topological polar surface area (TPSA) is 98.7 Å². The average Bonchev–Trinajstić information content (AvgIpc) is 2.60. The van der Waals surface area contributed by atoms with Gasteiger partial charge in [-0.25, -0.2) is 0 Å². The fraction of sp³-hybridized carbons (Fsp3) is 0.500. The number of hydrogen-bond acceptors (Lipinski definition) is 4. The highest BCUT2D eigenvalue weighted by Gasteiger charge is 2.29. The second-order valence-corrected chi connectivity index (χ2v) is 6.16. The Morgan fingerprint density at radius 2 is 1.96 bits per heavy atom. The average molecular weight is 347 g/mol. The number of nitrogens with one attached hydrogen (secondary N) is 2. The van der Waals surface area contributed by atoms with Crippen molar-refractivity contribution in [3.63, 3.8) is 0 Å². The van der Waals surface area contributed by atoms with Gasteiger partial charge in [-0.3, -0.25) is 19.3 Å². The number of aliphatic carboxylic acids is 1. The Hall–Kier alpha value is -2.41. The molecule has 1 aromatic rings. The van der Waals surface area contributed by atoms with E-state index in [-0.39, 0.29) is 24.9 Å². The van der Waals surface area contributed by atoms with Crippen LogP contribution in [0.5, 0.6) is 0 Å². The third kappa shape index (κ3) is 5.56. The van der Waals surface area contributed by atoms with Gasteiger partial charge >= 0.3 is 5.97 Å². The van der Waals surface area contributed by atoms with Gasteiger partial charge in [0.15, 0.2) is 0 Å². The number of rotatable bonds is 7. The number of benzene rings is 1. The van der Waals surface area contributed by atoms with Crippen molar-refractivity contribution in [1.29, 1.82) is 0 Å². The van der Waals surface area contributed by atoms with Crippen LogP contribution < -0.4 is 10.6 Å². The SMILES string of the molecule is CCc1ccccc1NC(=O)CNC(=O)CN1CCCCC1C(=O)O. The molecule has 0 bridgehead atoms. The summed E-state index contributed by atoms with van der Waals surface area (Å²) < 4.78 is 0. The molecule has 1 saturated heterocycles. The Labute approximate surface area is 147 Å². The maximum Gasteiger partial charge on any atom is 0.320 e. The molecule has 25 heavy (non-hydrogen) atoms. The van der Waals surface area contributed by atoms with Crippen molar-refractivity contribution in [2.24, 2.45) is 0 Å². The molecule has 1 fully saturated rings. The van der Waals surface area contributed by atoms with Crippen molar-refractivity contribution in [1.82, 2.24) is 10.2 Å². The molecule has 0 spiro atoms. The molecule has 0 aromatic heterocycles. The van der Waals surface area contributed by atoms with E-state index in [1.165, 1.54) is 0 Å². The largest absolute Gasteiger partial charge is 0.480 e. The Balaban J connectivity index is 1.81. The van der Waals surface area contributed by atoms with Gasteiger partial charge < -0.3 is 15.7 Å². The zero-order valence-corrected chi connectivity index (χ0v) is 14.5. The van der Waals surface area contributed by atoms with Crippen molar-refractivity contribution in [3.05, 3.63) is 29.8 Å². The molecule has 1 aliphatic rings. The Bertz CT molecular complexity index is 633. The first kappa shape index (κ1) is 18.9. The summed E-state index contributed by atoms with van der Waals surface area (Å²) in [5.74, 6) is -1.55. The lowest BCUT2D eigenvalue weighted by atomic mass is 10.0. The van der Waals surface area contributed by atoms with Crippen LogP contribution >= 0.6 is 0 Å². The molecule has 7 heteroatoms. The number of anilines is 1. The number of amides is 2. The van der Waals surface area contributed by atoms with Crippen LogP contribution in [-0.4, -0.2) is 53.5 Å². The van der Waals surface area contributed by atoms with E-state index in [2.05, 4.69) is 10.6 Å². The molecule has 7 nitrogen and oxygen atoms in total. The van der Waals surface area contributed by atoms with Gasteiger partial charge in [-0.1, -0.05) is 31.5 Å². The molecule has 1 aromatic carbocycles. The standard InChI is InChI=1S/C18H25N3O4/c1-2-13-7-3-4-8-14(13)20-16(22)11-19-17(23)12-21-10-6-5-9-15(21)18(24)25/h3-4,7-8,15H,2,5-6,9-12H2,1H3,(H,19,23)(H,20,22)(H,24,25). The number of likely N-dealkylation sites (tertiary alicyclic amines) is 1. The van der Waals surface area contributed by atoms with E-state index in [4.69, 9.17) is 0 Å². The van der Waals surface area contributed by atoms with Gasteiger partial charge in [-0.05, 0) is 37.4 Å². The first-order chi connectivity index (χ1) is 12.0. The highest BCUT2D eigenvalue weighted by Crippen LogP contribution is 2.17. The van der Waals surface area contributed by atoms with Crippen molar-refractivity contribution in [2.75, 3.05) is 25.0 Å². The van der Waals surface area contributed by atoms with E-state index in [9.17, 15) is 19.5 Å². The summed E-state index contributed by atoms with van der Waals surface area (Å²) in [5.41, 5.74) is 1.77. The van der Waals surface area contributed by atoms with Crippen LogP contribution in [0.25, 0.3) is 0 Å². The van der Waals surface area contributed by atoms with Gasteiger partial charge in [0, 0.05) is 5.69 Å². The monoisotopic (exact) mass is 347 g/mol. The van der Waals surface area contributed by atoms with Crippen LogP contribution in [0.1, 0.15) is 31.7 Å². The predicted molar refractivity (Wildman–Crippen MR) is 94.3 cm³/mol. The van der Waals surface area contributed by atoms with E-state index >= 15 is 0 Å². The lowest BCUT2D eigenvalue weighted by Crippen LogP contribution is -2.49. The third-order valence-corrected chi connectivity index (χ3v) is 4.36. The zero-order valence-electron chi connectivity index (χ0n) is 14.5. The molecule has 3 N–H and O–H groups in total. The number of hydrogen-bond donors (Lipinski definition) is 3. The highest BCUT2D eigenvalue weighted by atomic mass is 16.4. The molecule has 1 heterocycles. The molecular weight excluding hydrogens is 322 g/mol. The van der Waals surface area contributed by atoms with E-state index < -0.39 is 12.0 Å². The first-order valence-corrected chi connectivity index (χ1v) is 8.62. The fourth-order valence-corrected chi connectivity index (χ4v) is 3.02. The number of para-hydroxylation sites is 1. The lowest BCUT2D eigenvalue weighted by molar-refractivity contribution is -0.145. The maximum atomic E-state index is 12.0. The first-order valence-electron chi connectivity index (χ1n) is 8.62. The van der Waals surface area contributed by atoms with Gasteiger partial charge in [0.1, 0.15) is 6.04 Å².